The van der Waals surface area contributed by atoms with Crippen molar-refractivity contribution < 1.29 is 22.7 Å². The van der Waals surface area contributed by atoms with Gasteiger partial charge in [0, 0.05) is 31.7 Å². The highest BCUT2D eigenvalue weighted by Crippen LogP contribution is 2.28. The number of amides is 1. The number of ether oxygens (including phenoxy) is 2. The minimum Gasteiger partial charge on any atom is -0.493 e. The van der Waals surface area contributed by atoms with E-state index in [1.807, 2.05) is 26.0 Å². The summed E-state index contributed by atoms with van der Waals surface area (Å²) in [6.07, 6.45) is 0. The number of benzene rings is 2. The predicted octanol–water partition coefficient (Wildman–Crippen LogP) is 3.71. The number of hydrogen-bond donors (Lipinski definition) is 0. The van der Waals surface area contributed by atoms with E-state index in [9.17, 15) is 13.2 Å². The summed E-state index contributed by atoms with van der Waals surface area (Å²) in [5.41, 5.74) is 2.00. The summed E-state index contributed by atoms with van der Waals surface area (Å²) in [4.78, 5) is 15.1. The molecule has 1 amide bonds. The van der Waals surface area contributed by atoms with Crippen LogP contribution >= 0.6 is 0 Å². The van der Waals surface area contributed by atoms with E-state index < -0.39 is 10.0 Å². The first-order chi connectivity index (χ1) is 14.7. The van der Waals surface area contributed by atoms with Gasteiger partial charge in [-0.1, -0.05) is 26.0 Å². The molecule has 0 fully saturated rings. The number of aryl methyl sites for hydroxylation is 1. The van der Waals surface area contributed by atoms with E-state index in [-0.39, 0.29) is 10.8 Å². The van der Waals surface area contributed by atoms with Crippen LogP contribution in [0.15, 0.2) is 41.3 Å². The molecule has 0 aromatic heterocycles. The van der Waals surface area contributed by atoms with Gasteiger partial charge >= 0.3 is 0 Å². The van der Waals surface area contributed by atoms with Crippen LogP contribution in [-0.4, -0.2) is 57.4 Å². The van der Waals surface area contributed by atoms with E-state index in [1.165, 1.54) is 10.4 Å². The number of hydrogen-bond acceptors (Lipinski definition) is 5. The van der Waals surface area contributed by atoms with E-state index in [4.69, 9.17) is 9.47 Å². The Labute approximate surface area is 185 Å². The fourth-order valence-electron chi connectivity index (χ4n) is 3.40. The zero-order valence-corrected chi connectivity index (χ0v) is 20.0. The SMILES string of the molecule is CCN(Cc1ccc(OC)c(OC)c1)C(=O)c1cc(S(=O)(=O)N(CC)CC)ccc1C. The van der Waals surface area contributed by atoms with Crippen molar-refractivity contribution in [3.8, 4) is 11.5 Å². The number of rotatable bonds is 10. The van der Waals surface area contributed by atoms with Gasteiger partial charge in [0.05, 0.1) is 19.1 Å². The van der Waals surface area contributed by atoms with Crippen molar-refractivity contribution >= 4 is 15.9 Å². The topological polar surface area (TPSA) is 76.1 Å². The molecule has 0 spiro atoms. The molecule has 0 N–H and O–H groups in total. The normalized spacial score (nSPS) is 11.5. The summed E-state index contributed by atoms with van der Waals surface area (Å²) < 4.78 is 37.8. The molecule has 170 valence electrons. The molecule has 0 saturated heterocycles. The van der Waals surface area contributed by atoms with Crippen molar-refractivity contribution in [3.05, 3.63) is 53.1 Å². The number of sulfonamides is 1. The molecule has 8 heteroatoms. The minimum atomic E-state index is -3.65. The van der Waals surface area contributed by atoms with E-state index >= 15 is 0 Å². The molecular weight excluding hydrogens is 416 g/mol. The maximum absolute atomic E-state index is 13.3. The molecule has 31 heavy (non-hydrogen) atoms. The van der Waals surface area contributed by atoms with Crippen LogP contribution in [0.1, 0.15) is 42.3 Å². The lowest BCUT2D eigenvalue weighted by Crippen LogP contribution is -2.32. The summed E-state index contributed by atoms with van der Waals surface area (Å²) in [5.74, 6) is 0.990. The highest BCUT2D eigenvalue weighted by molar-refractivity contribution is 7.89. The average molecular weight is 449 g/mol. The van der Waals surface area contributed by atoms with Crippen LogP contribution in [0.3, 0.4) is 0 Å². The summed E-state index contributed by atoms with van der Waals surface area (Å²) in [6, 6.07) is 10.3. The maximum atomic E-state index is 13.3. The molecule has 0 heterocycles. The summed E-state index contributed by atoms with van der Waals surface area (Å²) in [7, 11) is -0.514. The van der Waals surface area contributed by atoms with Gasteiger partial charge in [-0.05, 0) is 49.2 Å². The summed E-state index contributed by atoms with van der Waals surface area (Å²) >= 11 is 0. The van der Waals surface area contributed by atoms with Crippen molar-refractivity contribution in [2.24, 2.45) is 0 Å². The van der Waals surface area contributed by atoms with Gasteiger partial charge in [-0.3, -0.25) is 4.79 Å². The molecule has 2 aromatic carbocycles. The molecular formula is C23H32N2O5S. The standard InChI is InChI=1S/C23H32N2O5S/c1-7-24(16-18-11-13-21(29-5)22(14-18)30-6)23(26)20-15-19(12-10-17(20)4)31(27,28)25(8-2)9-3/h10-15H,7-9,16H2,1-6H3. The van der Waals surface area contributed by atoms with Gasteiger partial charge in [-0.25, -0.2) is 8.42 Å². The Kier molecular flexibility index (Phi) is 8.47. The second-order valence-electron chi connectivity index (χ2n) is 7.07. The zero-order chi connectivity index (χ0) is 23.2. The first-order valence-electron chi connectivity index (χ1n) is 10.3. The molecule has 0 aliphatic carbocycles. The second-order valence-corrected chi connectivity index (χ2v) is 9.01. The van der Waals surface area contributed by atoms with Crippen molar-refractivity contribution in [2.45, 2.75) is 39.1 Å². The molecule has 0 unspecified atom stereocenters. The fraction of sp³-hybridized carbons (Fsp3) is 0.435. The van der Waals surface area contributed by atoms with Crippen LogP contribution in [-0.2, 0) is 16.6 Å². The quantitative estimate of drug-likeness (QED) is 0.554. The van der Waals surface area contributed by atoms with Crippen LogP contribution in [0.2, 0.25) is 0 Å². The van der Waals surface area contributed by atoms with E-state index in [1.54, 1.807) is 51.2 Å². The van der Waals surface area contributed by atoms with Crippen molar-refractivity contribution in [3.63, 3.8) is 0 Å². The highest BCUT2D eigenvalue weighted by atomic mass is 32.2. The van der Waals surface area contributed by atoms with Crippen LogP contribution in [0.4, 0.5) is 0 Å². The van der Waals surface area contributed by atoms with Crippen LogP contribution in [0.25, 0.3) is 0 Å². The van der Waals surface area contributed by atoms with Gasteiger partial charge in [0.25, 0.3) is 5.91 Å². The van der Waals surface area contributed by atoms with Crippen molar-refractivity contribution in [1.82, 2.24) is 9.21 Å². The van der Waals surface area contributed by atoms with E-state index in [2.05, 4.69) is 0 Å². The number of nitrogens with zero attached hydrogens (tertiary/aromatic N) is 2. The molecule has 0 aliphatic rings. The first-order valence-corrected chi connectivity index (χ1v) is 11.8. The Bertz CT molecular complexity index is 1020. The van der Waals surface area contributed by atoms with Gasteiger partial charge in [0.2, 0.25) is 10.0 Å². The predicted molar refractivity (Wildman–Crippen MR) is 121 cm³/mol. The van der Waals surface area contributed by atoms with Crippen molar-refractivity contribution in [2.75, 3.05) is 33.9 Å². The molecule has 2 rings (SSSR count). The second kappa shape index (κ2) is 10.6. The minimum absolute atomic E-state index is 0.132. The number of carbonyl (C=O) groups is 1. The molecule has 0 bridgehead atoms. The third-order valence-corrected chi connectivity index (χ3v) is 7.32. The number of carbonyl (C=O) groups excluding carboxylic acids is 1. The highest BCUT2D eigenvalue weighted by Gasteiger charge is 2.25. The van der Waals surface area contributed by atoms with Crippen molar-refractivity contribution in [1.29, 1.82) is 0 Å². The third-order valence-electron chi connectivity index (χ3n) is 5.27. The number of methoxy groups -OCH3 is 2. The van der Waals surface area contributed by atoms with Gasteiger partial charge in [0.1, 0.15) is 0 Å². The first kappa shape index (κ1) is 24.7. The third kappa shape index (κ3) is 5.37. The lowest BCUT2D eigenvalue weighted by molar-refractivity contribution is 0.0751. The Hall–Kier alpha value is -2.58. The smallest absolute Gasteiger partial charge is 0.254 e. The molecule has 0 atom stereocenters. The summed E-state index contributed by atoms with van der Waals surface area (Å²) in [5, 5.41) is 0. The van der Waals surface area contributed by atoms with Crippen LogP contribution < -0.4 is 9.47 Å². The zero-order valence-electron chi connectivity index (χ0n) is 19.1. The van der Waals surface area contributed by atoms with Gasteiger partial charge in [-0.15, -0.1) is 0 Å². The van der Waals surface area contributed by atoms with E-state index in [0.717, 1.165) is 11.1 Å². The lowest BCUT2D eigenvalue weighted by Gasteiger charge is -2.24. The lowest BCUT2D eigenvalue weighted by atomic mass is 10.1. The van der Waals surface area contributed by atoms with E-state index in [0.29, 0.717) is 43.2 Å². The maximum Gasteiger partial charge on any atom is 0.254 e. The van der Waals surface area contributed by atoms with Gasteiger partial charge < -0.3 is 14.4 Å². The molecule has 2 aromatic rings. The largest absolute Gasteiger partial charge is 0.493 e. The Morgan fingerprint density at radius 1 is 0.903 bits per heavy atom. The monoisotopic (exact) mass is 448 g/mol. The van der Waals surface area contributed by atoms with Gasteiger partial charge in [0.15, 0.2) is 11.5 Å². The van der Waals surface area contributed by atoms with Crippen LogP contribution in [0.5, 0.6) is 11.5 Å². The van der Waals surface area contributed by atoms with Crippen LogP contribution in [0, 0.1) is 6.92 Å². The Balaban J connectivity index is 2.38. The summed E-state index contributed by atoms with van der Waals surface area (Å²) in [6.45, 7) is 8.87. The molecule has 0 radical (unpaired) electrons. The molecule has 7 nitrogen and oxygen atoms in total. The molecule has 0 saturated carbocycles. The fourth-order valence-corrected chi connectivity index (χ4v) is 4.89. The Morgan fingerprint density at radius 2 is 1.55 bits per heavy atom. The van der Waals surface area contributed by atoms with Gasteiger partial charge in [-0.2, -0.15) is 4.31 Å². The molecule has 0 aliphatic heterocycles. The average Bonchev–Trinajstić information content (AvgIpc) is 2.77. The Morgan fingerprint density at radius 3 is 2.10 bits per heavy atom.